The van der Waals surface area contributed by atoms with E-state index < -0.39 is 0 Å². The topological polar surface area (TPSA) is 15.3 Å². The Kier molecular flexibility index (Phi) is 5.62. The molecule has 2 nitrogen and oxygen atoms in total. The molecule has 1 unspecified atom stereocenters. The third-order valence-electron chi connectivity index (χ3n) is 4.58. The summed E-state index contributed by atoms with van der Waals surface area (Å²) < 4.78 is 0. The molecule has 0 aromatic heterocycles. The summed E-state index contributed by atoms with van der Waals surface area (Å²) in [7, 11) is 0. The summed E-state index contributed by atoms with van der Waals surface area (Å²) in [5.41, 5.74) is 4.25. The smallest absolute Gasteiger partial charge is 0.0451 e. The van der Waals surface area contributed by atoms with Gasteiger partial charge in [-0.25, -0.2) is 0 Å². The van der Waals surface area contributed by atoms with Crippen LogP contribution < -0.4 is 5.32 Å². The van der Waals surface area contributed by atoms with Crippen LogP contribution in [0.4, 0.5) is 0 Å². The summed E-state index contributed by atoms with van der Waals surface area (Å²) in [5, 5.41) is 3.68. The number of rotatable bonds is 5. The van der Waals surface area contributed by atoms with E-state index in [1.165, 1.54) is 42.6 Å². The van der Waals surface area contributed by atoms with Crippen molar-refractivity contribution in [3.63, 3.8) is 0 Å². The summed E-state index contributed by atoms with van der Waals surface area (Å²) in [6, 6.07) is 7.29. The lowest BCUT2D eigenvalue weighted by Crippen LogP contribution is -2.40. The number of piperidine rings is 1. The molecule has 112 valence electrons. The van der Waals surface area contributed by atoms with Crippen molar-refractivity contribution in [2.45, 2.75) is 46.6 Å². The number of hydrogen-bond donors (Lipinski definition) is 1. The molecule has 2 heteroatoms. The van der Waals surface area contributed by atoms with Gasteiger partial charge in [-0.1, -0.05) is 37.6 Å². The van der Waals surface area contributed by atoms with Gasteiger partial charge in [-0.3, -0.25) is 0 Å². The van der Waals surface area contributed by atoms with Crippen molar-refractivity contribution in [3.8, 4) is 0 Å². The quantitative estimate of drug-likeness (QED) is 0.881. The molecule has 0 bridgehead atoms. The van der Waals surface area contributed by atoms with Crippen molar-refractivity contribution >= 4 is 0 Å². The number of benzene rings is 1. The SMILES string of the molecule is CCNC(CN1CCC(C)CC1)c1cc(C)ccc1C. The van der Waals surface area contributed by atoms with Gasteiger partial charge >= 0.3 is 0 Å². The van der Waals surface area contributed by atoms with Gasteiger partial charge in [-0.15, -0.1) is 0 Å². The van der Waals surface area contributed by atoms with Crippen molar-refractivity contribution in [1.29, 1.82) is 0 Å². The van der Waals surface area contributed by atoms with Crippen molar-refractivity contribution in [1.82, 2.24) is 10.2 Å². The lowest BCUT2D eigenvalue weighted by Gasteiger charge is -2.34. The van der Waals surface area contributed by atoms with Gasteiger partial charge in [0.1, 0.15) is 0 Å². The molecule has 0 amide bonds. The van der Waals surface area contributed by atoms with Crippen LogP contribution >= 0.6 is 0 Å². The highest BCUT2D eigenvalue weighted by Crippen LogP contribution is 2.23. The van der Waals surface area contributed by atoms with Crippen LogP contribution in [-0.4, -0.2) is 31.1 Å². The Morgan fingerprint density at radius 2 is 1.95 bits per heavy atom. The van der Waals surface area contributed by atoms with Crippen molar-refractivity contribution in [2.75, 3.05) is 26.2 Å². The van der Waals surface area contributed by atoms with Crippen LogP contribution in [0.2, 0.25) is 0 Å². The van der Waals surface area contributed by atoms with Crippen molar-refractivity contribution < 1.29 is 0 Å². The van der Waals surface area contributed by atoms with Crippen LogP contribution in [0.3, 0.4) is 0 Å². The molecule has 1 N–H and O–H groups in total. The lowest BCUT2D eigenvalue weighted by atomic mass is 9.95. The molecule has 20 heavy (non-hydrogen) atoms. The zero-order valence-corrected chi connectivity index (χ0v) is 13.6. The van der Waals surface area contributed by atoms with Crippen molar-refractivity contribution in [3.05, 3.63) is 34.9 Å². The van der Waals surface area contributed by atoms with E-state index in [-0.39, 0.29) is 0 Å². The average molecular weight is 274 g/mol. The second-order valence-electron chi connectivity index (χ2n) is 6.45. The fraction of sp³-hybridized carbons (Fsp3) is 0.667. The summed E-state index contributed by atoms with van der Waals surface area (Å²) in [5.74, 6) is 0.907. The van der Waals surface area contributed by atoms with Gasteiger partial charge in [0.15, 0.2) is 0 Å². The highest BCUT2D eigenvalue weighted by atomic mass is 15.2. The summed E-state index contributed by atoms with van der Waals surface area (Å²) in [6.07, 6.45) is 2.71. The monoisotopic (exact) mass is 274 g/mol. The first-order valence-electron chi connectivity index (χ1n) is 8.13. The second kappa shape index (κ2) is 7.24. The van der Waals surface area contributed by atoms with Crippen LogP contribution in [-0.2, 0) is 0 Å². The van der Waals surface area contributed by atoms with Gasteiger partial charge in [0.05, 0.1) is 0 Å². The van der Waals surface area contributed by atoms with E-state index in [0.717, 1.165) is 19.0 Å². The number of aryl methyl sites for hydroxylation is 2. The Morgan fingerprint density at radius 3 is 2.60 bits per heavy atom. The standard InChI is InChI=1S/C18H30N2/c1-5-19-18(13-20-10-8-14(2)9-11-20)17-12-15(3)6-7-16(17)4/h6-7,12,14,18-19H,5,8-11,13H2,1-4H3. The van der Waals surface area contributed by atoms with Gasteiger partial charge in [-0.2, -0.15) is 0 Å². The third kappa shape index (κ3) is 4.07. The Morgan fingerprint density at radius 1 is 1.25 bits per heavy atom. The molecule has 0 spiro atoms. The molecule has 0 radical (unpaired) electrons. The first kappa shape index (κ1) is 15.5. The minimum Gasteiger partial charge on any atom is -0.309 e. The number of nitrogens with zero attached hydrogens (tertiary/aromatic N) is 1. The number of likely N-dealkylation sites (tertiary alicyclic amines) is 1. The van der Waals surface area contributed by atoms with Crippen molar-refractivity contribution in [2.24, 2.45) is 5.92 Å². The Labute approximate surface area is 124 Å². The fourth-order valence-electron chi connectivity index (χ4n) is 3.16. The van der Waals surface area contributed by atoms with Gasteiger partial charge < -0.3 is 10.2 Å². The van der Waals surface area contributed by atoms with E-state index >= 15 is 0 Å². The van der Waals surface area contributed by atoms with Crippen LogP contribution in [0.15, 0.2) is 18.2 Å². The van der Waals surface area contributed by atoms with Crippen LogP contribution in [0.1, 0.15) is 49.4 Å². The lowest BCUT2D eigenvalue weighted by molar-refractivity contribution is 0.175. The highest BCUT2D eigenvalue weighted by molar-refractivity contribution is 5.33. The maximum Gasteiger partial charge on any atom is 0.0451 e. The molecule has 1 fully saturated rings. The molecule has 1 aliphatic heterocycles. The maximum absolute atomic E-state index is 3.68. The van der Waals surface area contributed by atoms with Gasteiger partial charge in [0.25, 0.3) is 0 Å². The average Bonchev–Trinajstić information content (AvgIpc) is 2.43. The molecule has 1 aromatic rings. The molecule has 0 aliphatic carbocycles. The predicted octanol–water partition coefficient (Wildman–Crippen LogP) is 3.69. The molecule has 1 heterocycles. The fourth-order valence-corrected chi connectivity index (χ4v) is 3.16. The first-order chi connectivity index (χ1) is 9.60. The molecule has 1 aliphatic rings. The molecule has 1 saturated heterocycles. The minimum atomic E-state index is 0.466. The molecule has 1 aromatic carbocycles. The van der Waals surface area contributed by atoms with E-state index in [0.29, 0.717) is 6.04 Å². The van der Waals surface area contributed by atoms with Crippen LogP contribution in [0, 0.1) is 19.8 Å². The van der Waals surface area contributed by atoms with Gasteiger partial charge in [0.2, 0.25) is 0 Å². The molecular formula is C18H30N2. The molecule has 2 rings (SSSR count). The predicted molar refractivity (Wildman–Crippen MR) is 87.2 cm³/mol. The zero-order valence-electron chi connectivity index (χ0n) is 13.6. The van der Waals surface area contributed by atoms with E-state index in [1.807, 2.05) is 0 Å². The minimum absolute atomic E-state index is 0.466. The summed E-state index contributed by atoms with van der Waals surface area (Å²) in [6.45, 7) is 13.7. The zero-order chi connectivity index (χ0) is 14.5. The van der Waals surface area contributed by atoms with Crippen LogP contribution in [0.5, 0.6) is 0 Å². The Hall–Kier alpha value is -0.860. The second-order valence-corrected chi connectivity index (χ2v) is 6.45. The van der Waals surface area contributed by atoms with Gasteiger partial charge in [-0.05, 0) is 63.4 Å². The third-order valence-corrected chi connectivity index (χ3v) is 4.58. The first-order valence-corrected chi connectivity index (χ1v) is 8.13. The summed E-state index contributed by atoms with van der Waals surface area (Å²) >= 11 is 0. The number of likely N-dealkylation sites (N-methyl/N-ethyl adjacent to an activating group) is 1. The molecule has 1 atom stereocenters. The maximum atomic E-state index is 3.68. The molecule has 0 saturated carbocycles. The van der Waals surface area contributed by atoms with Crippen LogP contribution in [0.25, 0.3) is 0 Å². The summed E-state index contributed by atoms with van der Waals surface area (Å²) in [4.78, 5) is 2.63. The number of nitrogens with one attached hydrogen (secondary N) is 1. The largest absolute Gasteiger partial charge is 0.309 e. The van der Waals surface area contributed by atoms with E-state index in [2.05, 4.69) is 56.1 Å². The van der Waals surface area contributed by atoms with E-state index in [9.17, 15) is 0 Å². The van der Waals surface area contributed by atoms with Gasteiger partial charge in [0, 0.05) is 12.6 Å². The van der Waals surface area contributed by atoms with E-state index in [1.54, 1.807) is 0 Å². The van der Waals surface area contributed by atoms with E-state index in [4.69, 9.17) is 0 Å². The normalized spacial score (nSPS) is 19.2. The number of hydrogen-bond acceptors (Lipinski definition) is 2. The molecular weight excluding hydrogens is 244 g/mol. The Bertz CT molecular complexity index is 419. The highest BCUT2D eigenvalue weighted by Gasteiger charge is 2.21. The Balaban J connectivity index is 2.08.